The highest BCUT2D eigenvalue weighted by atomic mass is 16.2. The summed E-state index contributed by atoms with van der Waals surface area (Å²) in [5.74, 6) is -0.188. The lowest BCUT2D eigenvalue weighted by Crippen LogP contribution is -2.37. The van der Waals surface area contributed by atoms with Crippen LogP contribution < -0.4 is 16.2 Å². The van der Waals surface area contributed by atoms with E-state index in [1.807, 2.05) is 13.8 Å². The lowest BCUT2D eigenvalue weighted by atomic mass is 10.2. The Balaban J connectivity index is 1.96. The molecule has 0 aromatic carbocycles. The van der Waals surface area contributed by atoms with Gasteiger partial charge >= 0.3 is 0 Å². The van der Waals surface area contributed by atoms with E-state index in [9.17, 15) is 9.59 Å². The van der Waals surface area contributed by atoms with Crippen LogP contribution >= 0.6 is 0 Å². The van der Waals surface area contributed by atoms with Crippen molar-refractivity contribution in [1.82, 2.24) is 15.1 Å². The molecule has 19 heavy (non-hydrogen) atoms. The predicted octanol–water partition coefficient (Wildman–Crippen LogP) is 0.732. The normalized spacial score (nSPS) is 15.9. The number of nitrogens with zero attached hydrogens (tertiary/aromatic N) is 2. The van der Waals surface area contributed by atoms with Gasteiger partial charge in [0.2, 0.25) is 5.91 Å². The molecule has 6 heteroatoms. The molecule has 0 spiro atoms. The molecule has 1 atom stereocenters. The molecule has 0 aliphatic heterocycles. The fourth-order valence-corrected chi connectivity index (χ4v) is 1.65. The van der Waals surface area contributed by atoms with Crippen LogP contribution in [0.4, 0.5) is 5.69 Å². The Morgan fingerprint density at radius 2 is 2.32 bits per heavy atom. The highest BCUT2D eigenvalue weighted by Crippen LogP contribution is 2.23. The molecule has 1 fully saturated rings. The highest BCUT2D eigenvalue weighted by molar-refractivity contribution is 5.75. The summed E-state index contributed by atoms with van der Waals surface area (Å²) < 4.78 is 1.18. The van der Waals surface area contributed by atoms with Crippen LogP contribution in [0.1, 0.15) is 33.1 Å². The van der Waals surface area contributed by atoms with Crippen LogP contribution in [0.2, 0.25) is 0 Å². The van der Waals surface area contributed by atoms with Crippen molar-refractivity contribution in [2.45, 2.75) is 51.7 Å². The maximum atomic E-state index is 11.8. The molecule has 0 bridgehead atoms. The van der Waals surface area contributed by atoms with Gasteiger partial charge in [-0.3, -0.25) is 9.59 Å². The number of aromatic nitrogens is 2. The molecule has 2 rings (SSSR count). The minimum Gasteiger partial charge on any atom is -0.381 e. The van der Waals surface area contributed by atoms with Crippen LogP contribution in [0.15, 0.2) is 17.1 Å². The van der Waals surface area contributed by atoms with E-state index in [0.29, 0.717) is 6.04 Å². The molecule has 1 aromatic heterocycles. The van der Waals surface area contributed by atoms with Gasteiger partial charge in [-0.1, -0.05) is 6.92 Å². The Labute approximate surface area is 112 Å². The van der Waals surface area contributed by atoms with E-state index in [2.05, 4.69) is 15.7 Å². The molecular weight excluding hydrogens is 244 g/mol. The Kier molecular flexibility index (Phi) is 4.19. The van der Waals surface area contributed by atoms with Crippen molar-refractivity contribution in [3.63, 3.8) is 0 Å². The van der Waals surface area contributed by atoms with Crippen LogP contribution in [-0.4, -0.2) is 27.8 Å². The van der Waals surface area contributed by atoms with Crippen molar-refractivity contribution >= 4 is 11.6 Å². The van der Waals surface area contributed by atoms with E-state index in [0.717, 1.165) is 24.9 Å². The zero-order valence-electron chi connectivity index (χ0n) is 11.3. The fraction of sp³-hybridized carbons (Fsp3) is 0.615. The van der Waals surface area contributed by atoms with E-state index in [4.69, 9.17) is 0 Å². The predicted molar refractivity (Wildman–Crippen MR) is 73.0 cm³/mol. The van der Waals surface area contributed by atoms with Crippen molar-refractivity contribution in [2.24, 2.45) is 0 Å². The molecule has 1 amide bonds. The molecule has 0 saturated heterocycles. The van der Waals surface area contributed by atoms with Crippen molar-refractivity contribution in [2.75, 3.05) is 5.32 Å². The first kappa shape index (κ1) is 13.6. The standard InChI is InChI=1S/C13H20N4O2/c1-3-9(2)15-12(18)8-17-13(19)6-11(7-14-17)16-10-4-5-10/h6-7,9-10,16H,3-5,8H2,1-2H3,(H,15,18). The van der Waals surface area contributed by atoms with Crippen molar-refractivity contribution in [3.05, 3.63) is 22.6 Å². The Bertz CT molecular complexity index is 508. The largest absolute Gasteiger partial charge is 0.381 e. The highest BCUT2D eigenvalue weighted by Gasteiger charge is 2.21. The number of carbonyl (C=O) groups excluding carboxylic acids is 1. The second kappa shape index (κ2) is 5.86. The van der Waals surface area contributed by atoms with Gasteiger partial charge in [0.15, 0.2) is 0 Å². The van der Waals surface area contributed by atoms with E-state index >= 15 is 0 Å². The van der Waals surface area contributed by atoms with E-state index < -0.39 is 0 Å². The lowest BCUT2D eigenvalue weighted by Gasteiger charge is -2.12. The van der Waals surface area contributed by atoms with Gasteiger partial charge in [0.1, 0.15) is 6.54 Å². The first-order chi connectivity index (χ1) is 9.08. The summed E-state index contributed by atoms with van der Waals surface area (Å²) in [5.41, 5.74) is 0.469. The summed E-state index contributed by atoms with van der Waals surface area (Å²) in [6.07, 6.45) is 4.73. The minimum absolute atomic E-state index is 0.0348. The van der Waals surface area contributed by atoms with Crippen molar-refractivity contribution < 1.29 is 4.79 Å². The van der Waals surface area contributed by atoms with Gasteiger partial charge in [-0.2, -0.15) is 5.10 Å². The Morgan fingerprint density at radius 1 is 1.58 bits per heavy atom. The van der Waals surface area contributed by atoms with E-state index in [-0.39, 0.29) is 24.1 Å². The van der Waals surface area contributed by atoms with Gasteiger partial charge in [0, 0.05) is 18.2 Å². The molecular formula is C13H20N4O2. The van der Waals surface area contributed by atoms with Crippen LogP contribution in [0.25, 0.3) is 0 Å². The zero-order valence-corrected chi connectivity index (χ0v) is 11.3. The summed E-state index contributed by atoms with van der Waals surface area (Å²) >= 11 is 0. The van der Waals surface area contributed by atoms with Crippen LogP contribution in [0, 0.1) is 0 Å². The molecule has 1 unspecified atom stereocenters. The topological polar surface area (TPSA) is 76.0 Å². The van der Waals surface area contributed by atoms with Gasteiger partial charge < -0.3 is 10.6 Å². The number of rotatable bonds is 6. The van der Waals surface area contributed by atoms with Crippen LogP contribution in [0.5, 0.6) is 0 Å². The first-order valence-corrected chi connectivity index (χ1v) is 6.71. The molecule has 2 N–H and O–H groups in total. The SMILES string of the molecule is CCC(C)NC(=O)Cn1ncc(NC2CC2)cc1=O. The number of anilines is 1. The first-order valence-electron chi connectivity index (χ1n) is 6.71. The van der Waals surface area contributed by atoms with Gasteiger partial charge in [0.25, 0.3) is 5.56 Å². The number of hydrogen-bond acceptors (Lipinski definition) is 4. The van der Waals surface area contributed by atoms with E-state index in [1.54, 1.807) is 6.20 Å². The van der Waals surface area contributed by atoms with Crippen LogP contribution in [-0.2, 0) is 11.3 Å². The van der Waals surface area contributed by atoms with Crippen molar-refractivity contribution in [3.8, 4) is 0 Å². The molecule has 1 aliphatic rings. The summed E-state index contributed by atoms with van der Waals surface area (Å²) in [6.45, 7) is 3.89. The maximum absolute atomic E-state index is 11.8. The molecule has 6 nitrogen and oxygen atoms in total. The molecule has 1 saturated carbocycles. The molecule has 1 aliphatic carbocycles. The fourth-order valence-electron chi connectivity index (χ4n) is 1.65. The number of carbonyl (C=O) groups is 1. The third-order valence-electron chi connectivity index (χ3n) is 3.13. The second-order valence-electron chi connectivity index (χ2n) is 5.04. The smallest absolute Gasteiger partial charge is 0.269 e. The summed E-state index contributed by atoms with van der Waals surface area (Å²) in [6, 6.07) is 2.08. The number of hydrogen-bond donors (Lipinski definition) is 2. The van der Waals surface area contributed by atoms with Gasteiger partial charge in [-0.15, -0.1) is 0 Å². The minimum atomic E-state index is -0.259. The quantitative estimate of drug-likeness (QED) is 0.794. The number of nitrogens with one attached hydrogen (secondary N) is 2. The summed E-state index contributed by atoms with van der Waals surface area (Å²) in [7, 11) is 0. The third kappa shape index (κ3) is 4.08. The summed E-state index contributed by atoms with van der Waals surface area (Å²) in [5, 5.41) is 10.0. The van der Waals surface area contributed by atoms with Gasteiger partial charge in [-0.25, -0.2) is 4.68 Å². The maximum Gasteiger partial charge on any atom is 0.269 e. The Morgan fingerprint density at radius 3 is 2.89 bits per heavy atom. The molecule has 1 aromatic rings. The average molecular weight is 264 g/mol. The average Bonchev–Trinajstić information content (AvgIpc) is 3.16. The zero-order chi connectivity index (χ0) is 13.8. The summed E-state index contributed by atoms with van der Waals surface area (Å²) in [4.78, 5) is 23.5. The monoisotopic (exact) mass is 264 g/mol. The second-order valence-corrected chi connectivity index (χ2v) is 5.04. The Hall–Kier alpha value is -1.85. The van der Waals surface area contributed by atoms with Gasteiger partial charge in [0.05, 0.1) is 11.9 Å². The lowest BCUT2D eigenvalue weighted by molar-refractivity contribution is -0.122. The van der Waals surface area contributed by atoms with Crippen molar-refractivity contribution in [1.29, 1.82) is 0 Å². The molecule has 104 valence electrons. The number of amides is 1. The molecule has 1 heterocycles. The third-order valence-corrected chi connectivity index (χ3v) is 3.13. The van der Waals surface area contributed by atoms with Crippen LogP contribution in [0.3, 0.4) is 0 Å². The van der Waals surface area contributed by atoms with Gasteiger partial charge in [-0.05, 0) is 26.2 Å². The van der Waals surface area contributed by atoms with E-state index in [1.165, 1.54) is 10.7 Å². The molecule has 0 radical (unpaired) electrons.